The molecule has 1 nitrogen and oxygen atoms in total. The van der Waals surface area contributed by atoms with E-state index < -0.39 is 0 Å². The molecule has 68 valence electrons. The first-order valence-corrected chi connectivity index (χ1v) is 5.37. The fourth-order valence-electron chi connectivity index (χ4n) is 0.778. The molecular formula is C10H17NS. The molecule has 1 aromatic heterocycles. The summed E-state index contributed by atoms with van der Waals surface area (Å²) in [5, 5.41) is 0. The Balaban J connectivity index is 0.000000561. The van der Waals surface area contributed by atoms with Gasteiger partial charge in [0.15, 0.2) is 0 Å². The molecule has 1 rings (SSSR count). The fourth-order valence-corrected chi connectivity index (χ4v) is 1.52. The standard InChI is InChI=1S/C8H11NS.C2H6/c1-3-10-8-5-4-6-9-7(8)2;1-2/h4-6H,3H2,1-2H3;1-2H3. The van der Waals surface area contributed by atoms with Crippen LogP contribution in [0.4, 0.5) is 0 Å². The molecule has 0 atom stereocenters. The molecule has 0 saturated heterocycles. The second-order valence-corrected chi connectivity index (χ2v) is 3.33. The van der Waals surface area contributed by atoms with Gasteiger partial charge in [-0.3, -0.25) is 4.98 Å². The van der Waals surface area contributed by atoms with Gasteiger partial charge < -0.3 is 0 Å². The van der Waals surface area contributed by atoms with Gasteiger partial charge in [0.2, 0.25) is 0 Å². The first-order chi connectivity index (χ1) is 5.84. The lowest BCUT2D eigenvalue weighted by molar-refractivity contribution is 1.11. The van der Waals surface area contributed by atoms with Crippen molar-refractivity contribution in [2.75, 3.05) is 5.75 Å². The zero-order valence-electron chi connectivity index (χ0n) is 8.29. The number of thioether (sulfide) groups is 1. The van der Waals surface area contributed by atoms with Gasteiger partial charge in [0.05, 0.1) is 5.69 Å². The van der Waals surface area contributed by atoms with E-state index in [1.165, 1.54) is 4.90 Å². The van der Waals surface area contributed by atoms with E-state index in [-0.39, 0.29) is 0 Å². The Kier molecular flexibility index (Phi) is 6.87. The van der Waals surface area contributed by atoms with Crippen LogP contribution in [-0.4, -0.2) is 10.7 Å². The van der Waals surface area contributed by atoms with Gasteiger partial charge in [-0.2, -0.15) is 0 Å². The molecular weight excluding hydrogens is 166 g/mol. The van der Waals surface area contributed by atoms with Gasteiger partial charge in [-0.1, -0.05) is 20.8 Å². The highest BCUT2D eigenvalue weighted by molar-refractivity contribution is 7.99. The normalized spacial score (nSPS) is 8.67. The van der Waals surface area contributed by atoms with Crippen molar-refractivity contribution < 1.29 is 0 Å². The SMILES string of the molecule is CC.CCSc1cccnc1C. The number of pyridine rings is 1. The molecule has 0 N–H and O–H groups in total. The minimum absolute atomic E-state index is 1.12. The number of rotatable bonds is 2. The van der Waals surface area contributed by atoms with E-state index >= 15 is 0 Å². The fraction of sp³-hybridized carbons (Fsp3) is 0.500. The van der Waals surface area contributed by atoms with Crippen molar-refractivity contribution in [3.05, 3.63) is 24.0 Å². The van der Waals surface area contributed by atoms with Crippen LogP contribution in [0.15, 0.2) is 23.2 Å². The summed E-state index contributed by atoms with van der Waals surface area (Å²) >= 11 is 1.84. The molecule has 0 radical (unpaired) electrons. The zero-order valence-corrected chi connectivity index (χ0v) is 9.11. The van der Waals surface area contributed by atoms with Gasteiger partial charge >= 0.3 is 0 Å². The summed E-state index contributed by atoms with van der Waals surface area (Å²) in [4.78, 5) is 5.47. The summed E-state index contributed by atoms with van der Waals surface area (Å²) in [6.07, 6.45) is 1.83. The van der Waals surface area contributed by atoms with Gasteiger partial charge in [-0.05, 0) is 24.8 Å². The smallest absolute Gasteiger partial charge is 0.0508 e. The molecule has 0 spiro atoms. The van der Waals surface area contributed by atoms with Crippen molar-refractivity contribution in [1.82, 2.24) is 4.98 Å². The number of aryl methyl sites for hydroxylation is 1. The summed E-state index contributed by atoms with van der Waals surface area (Å²) in [7, 11) is 0. The zero-order chi connectivity index (χ0) is 9.40. The average Bonchev–Trinajstić information content (AvgIpc) is 2.13. The lowest BCUT2D eigenvalue weighted by atomic mass is 10.4. The van der Waals surface area contributed by atoms with E-state index in [1.54, 1.807) is 0 Å². The molecule has 2 heteroatoms. The predicted molar refractivity (Wildman–Crippen MR) is 56.7 cm³/mol. The van der Waals surface area contributed by atoms with Gasteiger partial charge in [0, 0.05) is 11.1 Å². The third kappa shape index (κ3) is 3.77. The van der Waals surface area contributed by atoms with Crippen LogP contribution in [0, 0.1) is 6.92 Å². The molecule has 1 aromatic rings. The van der Waals surface area contributed by atoms with Crippen LogP contribution in [0.25, 0.3) is 0 Å². The van der Waals surface area contributed by atoms with Gasteiger partial charge in [0.1, 0.15) is 0 Å². The summed E-state index contributed by atoms with van der Waals surface area (Å²) in [6.45, 7) is 8.19. The summed E-state index contributed by atoms with van der Waals surface area (Å²) in [5.74, 6) is 1.12. The van der Waals surface area contributed by atoms with Crippen molar-refractivity contribution in [3.8, 4) is 0 Å². The van der Waals surface area contributed by atoms with Crippen molar-refractivity contribution in [2.45, 2.75) is 32.6 Å². The Hall–Kier alpha value is -0.500. The molecule has 0 fully saturated rings. The summed E-state index contributed by atoms with van der Waals surface area (Å²) < 4.78 is 0. The average molecular weight is 183 g/mol. The van der Waals surface area contributed by atoms with Gasteiger partial charge in [-0.25, -0.2) is 0 Å². The molecule has 0 amide bonds. The number of nitrogens with zero attached hydrogens (tertiary/aromatic N) is 1. The Labute approximate surface area is 79.6 Å². The van der Waals surface area contributed by atoms with E-state index in [0.29, 0.717) is 0 Å². The Morgan fingerprint density at radius 1 is 1.42 bits per heavy atom. The van der Waals surface area contributed by atoms with Gasteiger partial charge in [-0.15, -0.1) is 11.8 Å². The quantitative estimate of drug-likeness (QED) is 0.651. The molecule has 0 aromatic carbocycles. The van der Waals surface area contributed by atoms with Crippen molar-refractivity contribution in [1.29, 1.82) is 0 Å². The maximum Gasteiger partial charge on any atom is 0.0508 e. The van der Waals surface area contributed by atoms with Gasteiger partial charge in [0.25, 0.3) is 0 Å². The highest BCUT2D eigenvalue weighted by Gasteiger charge is 1.94. The Morgan fingerprint density at radius 2 is 2.08 bits per heavy atom. The topological polar surface area (TPSA) is 12.9 Å². The summed E-state index contributed by atoms with van der Waals surface area (Å²) in [6, 6.07) is 4.08. The van der Waals surface area contributed by atoms with E-state index in [0.717, 1.165) is 11.4 Å². The van der Waals surface area contributed by atoms with E-state index in [4.69, 9.17) is 0 Å². The molecule has 0 bridgehead atoms. The second kappa shape index (κ2) is 7.17. The summed E-state index contributed by atoms with van der Waals surface area (Å²) in [5.41, 5.74) is 1.13. The first kappa shape index (κ1) is 11.5. The van der Waals surface area contributed by atoms with Crippen molar-refractivity contribution in [2.24, 2.45) is 0 Å². The maximum atomic E-state index is 4.18. The van der Waals surface area contributed by atoms with Crippen molar-refractivity contribution >= 4 is 11.8 Å². The largest absolute Gasteiger partial charge is 0.260 e. The first-order valence-electron chi connectivity index (χ1n) is 4.39. The van der Waals surface area contributed by atoms with Crippen molar-refractivity contribution in [3.63, 3.8) is 0 Å². The van der Waals surface area contributed by atoms with Crippen LogP contribution in [0.2, 0.25) is 0 Å². The maximum absolute atomic E-state index is 4.18. The molecule has 0 aliphatic carbocycles. The lowest BCUT2D eigenvalue weighted by Gasteiger charge is -1.99. The van der Waals surface area contributed by atoms with Crippen LogP contribution >= 0.6 is 11.8 Å². The molecule has 0 aliphatic rings. The minimum Gasteiger partial charge on any atom is -0.260 e. The number of hydrogen-bond donors (Lipinski definition) is 0. The van der Waals surface area contributed by atoms with E-state index in [2.05, 4.69) is 18.0 Å². The highest BCUT2D eigenvalue weighted by Crippen LogP contribution is 2.18. The van der Waals surface area contributed by atoms with Crippen LogP contribution in [0.3, 0.4) is 0 Å². The van der Waals surface area contributed by atoms with E-state index in [9.17, 15) is 0 Å². The molecule has 1 heterocycles. The van der Waals surface area contributed by atoms with Crippen LogP contribution in [-0.2, 0) is 0 Å². The van der Waals surface area contributed by atoms with Crippen LogP contribution in [0.1, 0.15) is 26.5 Å². The number of aromatic nitrogens is 1. The predicted octanol–water partition coefficient (Wildman–Crippen LogP) is 3.53. The Morgan fingerprint density at radius 3 is 2.58 bits per heavy atom. The molecule has 0 unspecified atom stereocenters. The lowest BCUT2D eigenvalue weighted by Crippen LogP contribution is -1.82. The van der Waals surface area contributed by atoms with E-state index in [1.807, 2.05) is 44.8 Å². The highest BCUT2D eigenvalue weighted by atomic mass is 32.2. The third-order valence-electron chi connectivity index (χ3n) is 1.26. The monoisotopic (exact) mass is 183 g/mol. The molecule has 12 heavy (non-hydrogen) atoms. The second-order valence-electron chi connectivity index (χ2n) is 2.02. The van der Waals surface area contributed by atoms with Crippen LogP contribution < -0.4 is 0 Å². The van der Waals surface area contributed by atoms with Crippen LogP contribution in [0.5, 0.6) is 0 Å². The third-order valence-corrected chi connectivity index (χ3v) is 2.29. The molecule has 0 aliphatic heterocycles. The number of hydrogen-bond acceptors (Lipinski definition) is 2. The Bertz CT molecular complexity index is 211. The minimum atomic E-state index is 1.12. The molecule has 0 saturated carbocycles.